The molecular formula is C24H30N2O5. The fraction of sp³-hybridized carbons (Fsp3) is 0.417. The Morgan fingerprint density at radius 2 is 1.87 bits per heavy atom. The Morgan fingerprint density at radius 1 is 1.16 bits per heavy atom. The number of amides is 1. The first-order chi connectivity index (χ1) is 15.0. The number of rotatable bonds is 9. The molecule has 0 spiro atoms. The summed E-state index contributed by atoms with van der Waals surface area (Å²) in [4.78, 5) is 26.9. The molecule has 0 radical (unpaired) electrons. The molecule has 2 aromatic rings. The van der Waals surface area contributed by atoms with Crippen LogP contribution in [0.2, 0.25) is 0 Å². The predicted octanol–water partition coefficient (Wildman–Crippen LogP) is 2.82. The highest BCUT2D eigenvalue weighted by molar-refractivity contribution is 5.89. The molecule has 1 aliphatic heterocycles. The lowest BCUT2D eigenvalue weighted by molar-refractivity contribution is -0.134. The van der Waals surface area contributed by atoms with Crippen molar-refractivity contribution in [2.45, 2.75) is 24.9 Å². The highest BCUT2D eigenvalue weighted by Gasteiger charge is 2.46. The van der Waals surface area contributed by atoms with Crippen molar-refractivity contribution in [1.82, 2.24) is 10.2 Å². The van der Waals surface area contributed by atoms with Crippen LogP contribution in [-0.4, -0.2) is 62.8 Å². The van der Waals surface area contributed by atoms with Gasteiger partial charge in [0.15, 0.2) is 0 Å². The summed E-state index contributed by atoms with van der Waals surface area (Å²) in [7, 11) is 3.28. The summed E-state index contributed by atoms with van der Waals surface area (Å²) in [5.74, 6) is 0.350. The van der Waals surface area contributed by atoms with Gasteiger partial charge in [0.25, 0.3) is 0 Å². The summed E-state index contributed by atoms with van der Waals surface area (Å²) in [6.07, 6.45) is 0.620. The molecule has 166 valence electrons. The predicted molar refractivity (Wildman–Crippen MR) is 117 cm³/mol. The number of carbonyl (C=O) groups is 2. The quantitative estimate of drug-likeness (QED) is 0.622. The number of ether oxygens (including phenoxy) is 3. The molecule has 0 bridgehead atoms. The first kappa shape index (κ1) is 22.8. The van der Waals surface area contributed by atoms with E-state index in [0.29, 0.717) is 38.3 Å². The minimum atomic E-state index is -0.736. The van der Waals surface area contributed by atoms with Crippen LogP contribution in [0.5, 0.6) is 5.75 Å². The lowest BCUT2D eigenvalue weighted by Crippen LogP contribution is -2.59. The van der Waals surface area contributed by atoms with Crippen molar-refractivity contribution in [3.8, 4) is 5.75 Å². The summed E-state index contributed by atoms with van der Waals surface area (Å²) in [5, 5.41) is 3.11. The van der Waals surface area contributed by atoms with Gasteiger partial charge in [0.05, 0.1) is 25.3 Å². The van der Waals surface area contributed by atoms with E-state index in [2.05, 4.69) is 5.32 Å². The summed E-state index contributed by atoms with van der Waals surface area (Å²) in [6, 6.07) is 16.5. The van der Waals surface area contributed by atoms with Crippen LogP contribution >= 0.6 is 0 Å². The van der Waals surface area contributed by atoms with Gasteiger partial charge in [-0.05, 0) is 43.8 Å². The maximum absolute atomic E-state index is 13.3. The van der Waals surface area contributed by atoms with E-state index in [1.54, 1.807) is 12.1 Å². The molecule has 2 atom stereocenters. The molecule has 0 saturated carbocycles. The molecule has 1 saturated heterocycles. The molecule has 7 heteroatoms. The fourth-order valence-corrected chi connectivity index (χ4v) is 3.68. The second kappa shape index (κ2) is 10.4. The third-order valence-electron chi connectivity index (χ3n) is 5.77. The van der Waals surface area contributed by atoms with Gasteiger partial charge in [0.2, 0.25) is 5.91 Å². The van der Waals surface area contributed by atoms with Crippen LogP contribution < -0.4 is 10.1 Å². The monoisotopic (exact) mass is 426 g/mol. The zero-order chi connectivity index (χ0) is 22.3. The van der Waals surface area contributed by atoms with E-state index in [0.717, 1.165) is 11.3 Å². The highest BCUT2D eigenvalue weighted by Crippen LogP contribution is 2.27. The van der Waals surface area contributed by atoms with Crippen molar-refractivity contribution in [1.29, 1.82) is 0 Å². The van der Waals surface area contributed by atoms with Crippen molar-refractivity contribution in [3.63, 3.8) is 0 Å². The number of nitrogens with one attached hydrogen (secondary N) is 1. The van der Waals surface area contributed by atoms with Crippen LogP contribution in [0.15, 0.2) is 54.6 Å². The molecule has 0 aromatic heterocycles. The van der Waals surface area contributed by atoms with E-state index in [4.69, 9.17) is 14.2 Å². The Hall–Kier alpha value is -2.90. The maximum atomic E-state index is 13.3. The third-order valence-corrected chi connectivity index (χ3v) is 5.77. The van der Waals surface area contributed by atoms with E-state index in [1.165, 1.54) is 7.11 Å². The van der Waals surface area contributed by atoms with Crippen molar-refractivity contribution in [3.05, 3.63) is 65.7 Å². The lowest BCUT2D eigenvalue weighted by atomic mass is 9.94. The average Bonchev–Trinajstić information content (AvgIpc) is 3.31. The van der Waals surface area contributed by atoms with Gasteiger partial charge in [-0.2, -0.15) is 0 Å². The molecule has 7 nitrogen and oxygen atoms in total. The Balaban J connectivity index is 1.61. The van der Waals surface area contributed by atoms with Crippen LogP contribution in [0.1, 0.15) is 35.3 Å². The number of esters is 1. The normalized spacial score (nSPS) is 19.1. The number of hydrogen-bond acceptors (Lipinski definition) is 6. The van der Waals surface area contributed by atoms with Crippen molar-refractivity contribution >= 4 is 11.9 Å². The van der Waals surface area contributed by atoms with Gasteiger partial charge >= 0.3 is 5.97 Å². The summed E-state index contributed by atoms with van der Waals surface area (Å²) in [5.41, 5.74) is 0.647. The van der Waals surface area contributed by atoms with E-state index >= 15 is 0 Å². The van der Waals surface area contributed by atoms with E-state index in [-0.39, 0.29) is 17.9 Å². The third kappa shape index (κ3) is 5.42. The zero-order valence-corrected chi connectivity index (χ0v) is 18.3. The van der Waals surface area contributed by atoms with Crippen LogP contribution in [0.3, 0.4) is 0 Å². The maximum Gasteiger partial charge on any atom is 0.337 e. The summed E-state index contributed by atoms with van der Waals surface area (Å²) in [6.45, 7) is 3.87. The Labute approximate surface area is 183 Å². The molecular weight excluding hydrogens is 396 g/mol. The molecule has 1 aliphatic rings. The van der Waals surface area contributed by atoms with Gasteiger partial charge in [-0.25, -0.2) is 4.79 Å². The molecule has 1 fully saturated rings. The first-order valence-electron chi connectivity index (χ1n) is 10.4. The largest absolute Gasteiger partial charge is 0.492 e. The van der Waals surface area contributed by atoms with Gasteiger partial charge in [-0.1, -0.05) is 30.3 Å². The molecule has 31 heavy (non-hydrogen) atoms. The van der Waals surface area contributed by atoms with Crippen LogP contribution in [0, 0.1) is 0 Å². The van der Waals surface area contributed by atoms with Crippen molar-refractivity contribution in [2.75, 3.05) is 40.5 Å². The Kier molecular flexibility index (Phi) is 7.65. The molecule has 1 heterocycles. The fourth-order valence-electron chi connectivity index (χ4n) is 3.68. The molecule has 1 amide bonds. The van der Waals surface area contributed by atoms with E-state index in [1.807, 2.05) is 61.3 Å². The minimum Gasteiger partial charge on any atom is -0.492 e. The number of carbonyl (C=O) groups excluding carboxylic acids is 2. The Bertz CT molecular complexity index is 863. The Morgan fingerprint density at radius 3 is 2.48 bits per heavy atom. The molecule has 2 unspecified atom stereocenters. The first-order valence-corrected chi connectivity index (χ1v) is 10.4. The molecule has 3 rings (SSSR count). The zero-order valence-electron chi connectivity index (χ0n) is 18.3. The van der Waals surface area contributed by atoms with Crippen molar-refractivity contribution in [2.24, 2.45) is 0 Å². The molecule has 2 aromatic carbocycles. The topological polar surface area (TPSA) is 77.1 Å². The second-order valence-electron chi connectivity index (χ2n) is 7.73. The van der Waals surface area contributed by atoms with Crippen LogP contribution in [-0.2, 0) is 14.3 Å². The number of likely N-dealkylation sites (N-methyl/N-ethyl adjacent to an activating group) is 1. The lowest BCUT2D eigenvalue weighted by Gasteiger charge is -2.36. The number of benzene rings is 2. The second-order valence-corrected chi connectivity index (χ2v) is 7.73. The number of hydrogen-bond donors (Lipinski definition) is 1. The number of methoxy groups -OCH3 is 1. The van der Waals surface area contributed by atoms with E-state index in [9.17, 15) is 9.59 Å². The average molecular weight is 427 g/mol. The SMILES string of the molecule is COC(=O)c1ccc(C(C)NC(=O)C2(N(C)CCOc3ccccc3)CCOC2)cc1. The van der Waals surface area contributed by atoms with Gasteiger partial charge in [0, 0.05) is 19.6 Å². The van der Waals surface area contributed by atoms with Gasteiger partial charge in [-0.15, -0.1) is 0 Å². The van der Waals surface area contributed by atoms with Gasteiger partial charge in [-0.3, -0.25) is 9.69 Å². The summed E-state index contributed by atoms with van der Waals surface area (Å²) < 4.78 is 16.1. The standard InChI is InChI=1S/C24H30N2O5/c1-18(19-9-11-20(12-10-19)22(27)29-3)25-23(28)24(13-15-30-17-24)26(2)14-16-31-21-7-5-4-6-8-21/h4-12,18H,13-17H2,1-3H3,(H,25,28). The van der Waals surface area contributed by atoms with Crippen molar-refractivity contribution < 1.29 is 23.8 Å². The van der Waals surface area contributed by atoms with Gasteiger partial charge in [0.1, 0.15) is 17.9 Å². The molecule has 1 N–H and O–H groups in total. The minimum absolute atomic E-state index is 0.0724. The number of nitrogens with zero attached hydrogens (tertiary/aromatic N) is 1. The van der Waals surface area contributed by atoms with Crippen LogP contribution in [0.25, 0.3) is 0 Å². The van der Waals surface area contributed by atoms with Crippen LogP contribution in [0.4, 0.5) is 0 Å². The molecule has 0 aliphatic carbocycles. The summed E-state index contributed by atoms with van der Waals surface area (Å²) >= 11 is 0. The van der Waals surface area contributed by atoms with Gasteiger partial charge < -0.3 is 19.5 Å². The number of para-hydroxylation sites is 1. The smallest absolute Gasteiger partial charge is 0.337 e. The highest BCUT2D eigenvalue weighted by atomic mass is 16.5. The van der Waals surface area contributed by atoms with E-state index < -0.39 is 5.54 Å².